The van der Waals surface area contributed by atoms with Crippen LogP contribution in [0, 0.1) is 0 Å². The molecule has 0 spiro atoms. The SMILES string of the molecule is CCn1cc(C(=O)CSc2nnc(Cc3ccc(OC)cc3)n2C)c2ccccc21. The predicted molar refractivity (Wildman–Crippen MR) is 119 cm³/mol. The third-order valence-electron chi connectivity index (χ3n) is 5.21. The number of aryl methyl sites for hydroxylation is 1. The van der Waals surface area contributed by atoms with E-state index in [0.717, 1.165) is 45.3 Å². The number of rotatable bonds is 8. The van der Waals surface area contributed by atoms with E-state index in [9.17, 15) is 4.79 Å². The van der Waals surface area contributed by atoms with Crippen LogP contribution in [0.15, 0.2) is 59.9 Å². The first-order valence-corrected chi connectivity index (χ1v) is 10.8. The number of hydrogen-bond acceptors (Lipinski definition) is 5. The lowest BCUT2D eigenvalue weighted by Gasteiger charge is -2.05. The number of aromatic nitrogens is 4. The summed E-state index contributed by atoms with van der Waals surface area (Å²) in [6, 6.07) is 16.0. The zero-order valence-corrected chi connectivity index (χ0v) is 18.1. The molecule has 2 aromatic carbocycles. The molecule has 0 unspecified atom stereocenters. The van der Waals surface area contributed by atoms with Crippen LogP contribution in [-0.2, 0) is 20.0 Å². The molecular weight excluding hydrogens is 396 g/mol. The molecule has 30 heavy (non-hydrogen) atoms. The molecule has 0 amide bonds. The minimum absolute atomic E-state index is 0.100. The second kappa shape index (κ2) is 8.75. The number of hydrogen-bond donors (Lipinski definition) is 0. The van der Waals surface area contributed by atoms with E-state index in [1.54, 1.807) is 7.11 Å². The van der Waals surface area contributed by atoms with E-state index < -0.39 is 0 Å². The molecular formula is C23H24N4O2S. The van der Waals surface area contributed by atoms with Gasteiger partial charge in [-0.15, -0.1) is 10.2 Å². The normalized spacial score (nSPS) is 11.2. The highest BCUT2D eigenvalue weighted by atomic mass is 32.2. The molecule has 0 atom stereocenters. The van der Waals surface area contributed by atoms with E-state index in [0.29, 0.717) is 12.2 Å². The summed E-state index contributed by atoms with van der Waals surface area (Å²) < 4.78 is 9.27. The van der Waals surface area contributed by atoms with Crippen molar-refractivity contribution in [3.8, 4) is 5.75 Å². The van der Waals surface area contributed by atoms with Crippen molar-refractivity contribution in [2.75, 3.05) is 12.9 Å². The maximum absolute atomic E-state index is 12.9. The van der Waals surface area contributed by atoms with E-state index in [1.165, 1.54) is 11.8 Å². The number of carbonyl (C=O) groups excluding carboxylic acids is 1. The second-order valence-electron chi connectivity index (χ2n) is 7.04. The maximum atomic E-state index is 12.9. The lowest BCUT2D eigenvalue weighted by atomic mass is 10.1. The molecule has 0 radical (unpaired) electrons. The van der Waals surface area contributed by atoms with Gasteiger partial charge in [0.05, 0.1) is 12.9 Å². The maximum Gasteiger partial charge on any atom is 0.191 e. The molecule has 0 aliphatic carbocycles. The largest absolute Gasteiger partial charge is 0.497 e. The summed E-state index contributed by atoms with van der Waals surface area (Å²) in [5.74, 6) is 2.11. The number of Topliss-reactive ketones (excluding diaryl/α,β-unsaturated/α-hetero) is 1. The molecule has 0 aliphatic rings. The summed E-state index contributed by atoms with van der Waals surface area (Å²) >= 11 is 1.42. The van der Waals surface area contributed by atoms with E-state index in [4.69, 9.17) is 4.74 Å². The Bertz CT molecular complexity index is 1180. The van der Waals surface area contributed by atoms with Gasteiger partial charge >= 0.3 is 0 Å². The topological polar surface area (TPSA) is 61.9 Å². The molecule has 0 saturated heterocycles. The van der Waals surface area contributed by atoms with Crippen LogP contribution in [0.5, 0.6) is 5.75 Å². The number of ketones is 1. The zero-order chi connectivity index (χ0) is 21.1. The van der Waals surface area contributed by atoms with Gasteiger partial charge < -0.3 is 13.9 Å². The van der Waals surface area contributed by atoms with Gasteiger partial charge in [0.2, 0.25) is 0 Å². The highest BCUT2D eigenvalue weighted by molar-refractivity contribution is 7.99. The summed E-state index contributed by atoms with van der Waals surface area (Å²) in [5, 5.41) is 10.4. The van der Waals surface area contributed by atoms with Crippen LogP contribution in [0.3, 0.4) is 0 Å². The third kappa shape index (κ3) is 3.98. The van der Waals surface area contributed by atoms with E-state index in [1.807, 2.05) is 60.3 Å². The number of benzene rings is 2. The lowest BCUT2D eigenvalue weighted by Crippen LogP contribution is -2.04. The van der Waals surface area contributed by atoms with Gasteiger partial charge in [0.15, 0.2) is 10.9 Å². The number of methoxy groups -OCH3 is 1. The fourth-order valence-electron chi connectivity index (χ4n) is 3.49. The molecule has 2 heterocycles. The number of para-hydroxylation sites is 1. The van der Waals surface area contributed by atoms with Gasteiger partial charge in [-0.05, 0) is 30.7 Å². The minimum Gasteiger partial charge on any atom is -0.497 e. The smallest absolute Gasteiger partial charge is 0.191 e. The summed E-state index contributed by atoms with van der Waals surface area (Å²) in [5.41, 5.74) is 2.99. The van der Waals surface area contributed by atoms with Gasteiger partial charge in [-0.2, -0.15) is 0 Å². The van der Waals surface area contributed by atoms with E-state index in [-0.39, 0.29) is 5.78 Å². The average molecular weight is 421 g/mol. The molecule has 4 aromatic rings. The molecule has 154 valence electrons. The van der Waals surface area contributed by atoms with Crippen LogP contribution in [-0.4, -0.2) is 38.0 Å². The van der Waals surface area contributed by atoms with Crippen molar-refractivity contribution in [3.05, 3.63) is 71.7 Å². The first-order chi connectivity index (χ1) is 14.6. The fraction of sp³-hybridized carbons (Fsp3) is 0.261. The molecule has 4 rings (SSSR count). The highest BCUT2D eigenvalue weighted by Gasteiger charge is 2.17. The first-order valence-electron chi connectivity index (χ1n) is 9.85. The molecule has 7 heteroatoms. The number of ether oxygens (including phenoxy) is 1. The summed E-state index contributed by atoms with van der Waals surface area (Å²) in [6.07, 6.45) is 2.63. The Balaban J connectivity index is 1.46. The van der Waals surface area contributed by atoms with Gasteiger partial charge in [0.25, 0.3) is 0 Å². The van der Waals surface area contributed by atoms with Gasteiger partial charge in [0.1, 0.15) is 11.6 Å². The minimum atomic E-state index is 0.100. The molecule has 0 N–H and O–H groups in total. The highest BCUT2D eigenvalue weighted by Crippen LogP contribution is 2.25. The molecule has 2 aromatic heterocycles. The van der Waals surface area contributed by atoms with Crippen LogP contribution in [0.2, 0.25) is 0 Å². The number of fused-ring (bicyclic) bond motifs is 1. The summed E-state index contributed by atoms with van der Waals surface area (Å²) in [6.45, 7) is 2.91. The molecule has 0 saturated carbocycles. The van der Waals surface area contributed by atoms with Crippen LogP contribution in [0.1, 0.15) is 28.7 Å². The van der Waals surface area contributed by atoms with Gasteiger partial charge in [-0.1, -0.05) is 42.1 Å². The van der Waals surface area contributed by atoms with Crippen molar-refractivity contribution >= 4 is 28.4 Å². The molecule has 0 bridgehead atoms. The molecule has 0 fully saturated rings. The molecule has 6 nitrogen and oxygen atoms in total. The van der Waals surface area contributed by atoms with Crippen LogP contribution in [0.4, 0.5) is 0 Å². The summed E-state index contributed by atoms with van der Waals surface area (Å²) in [4.78, 5) is 12.9. The number of thioether (sulfide) groups is 1. The second-order valence-corrected chi connectivity index (χ2v) is 7.98. The van der Waals surface area contributed by atoms with Crippen molar-refractivity contribution in [1.82, 2.24) is 19.3 Å². The Kier molecular flexibility index (Phi) is 5.90. The fourth-order valence-corrected chi connectivity index (χ4v) is 4.30. The van der Waals surface area contributed by atoms with Gasteiger partial charge in [0, 0.05) is 42.7 Å². The third-order valence-corrected chi connectivity index (χ3v) is 6.23. The lowest BCUT2D eigenvalue weighted by molar-refractivity contribution is 0.102. The Morgan fingerprint density at radius 2 is 1.87 bits per heavy atom. The van der Waals surface area contributed by atoms with Crippen molar-refractivity contribution in [2.24, 2.45) is 7.05 Å². The monoisotopic (exact) mass is 420 g/mol. The van der Waals surface area contributed by atoms with Crippen molar-refractivity contribution in [2.45, 2.75) is 25.0 Å². The Morgan fingerprint density at radius 3 is 2.60 bits per heavy atom. The predicted octanol–water partition coefficient (Wildman–Crippen LogP) is 4.36. The zero-order valence-electron chi connectivity index (χ0n) is 17.3. The van der Waals surface area contributed by atoms with Gasteiger partial charge in [-0.25, -0.2) is 0 Å². The Hall–Kier alpha value is -3.06. The Labute approximate surface area is 179 Å². The molecule has 0 aliphatic heterocycles. The van der Waals surface area contributed by atoms with Crippen molar-refractivity contribution in [3.63, 3.8) is 0 Å². The number of carbonyl (C=O) groups is 1. The van der Waals surface area contributed by atoms with Gasteiger partial charge in [-0.3, -0.25) is 4.79 Å². The van der Waals surface area contributed by atoms with Crippen LogP contribution in [0.25, 0.3) is 10.9 Å². The number of nitrogens with zero attached hydrogens (tertiary/aromatic N) is 4. The summed E-state index contributed by atoms with van der Waals surface area (Å²) in [7, 11) is 3.59. The van der Waals surface area contributed by atoms with Crippen LogP contribution >= 0.6 is 11.8 Å². The van der Waals surface area contributed by atoms with E-state index >= 15 is 0 Å². The van der Waals surface area contributed by atoms with Crippen molar-refractivity contribution in [1.29, 1.82) is 0 Å². The van der Waals surface area contributed by atoms with Crippen molar-refractivity contribution < 1.29 is 9.53 Å². The standard InChI is InChI=1S/C23H24N4O2S/c1-4-27-14-19(18-7-5-6-8-20(18)27)21(28)15-30-23-25-24-22(26(23)2)13-16-9-11-17(29-3)12-10-16/h5-12,14H,4,13,15H2,1-3H3. The quantitative estimate of drug-likeness (QED) is 0.313. The average Bonchev–Trinajstić information content (AvgIpc) is 3.33. The van der Waals surface area contributed by atoms with Crippen LogP contribution < -0.4 is 4.74 Å². The Morgan fingerprint density at radius 1 is 1.10 bits per heavy atom. The first kappa shape index (κ1) is 20.2. The van der Waals surface area contributed by atoms with E-state index in [2.05, 4.69) is 27.8 Å².